The second-order valence-corrected chi connectivity index (χ2v) is 6.09. The van der Waals surface area contributed by atoms with Crippen molar-refractivity contribution >= 4 is 46.4 Å². The zero-order valence-electron chi connectivity index (χ0n) is 9.14. The second kappa shape index (κ2) is 5.24. The number of hydrogen-bond donors (Lipinski definition) is 0. The van der Waals surface area contributed by atoms with E-state index in [1.807, 2.05) is 0 Å². The van der Waals surface area contributed by atoms with Crippen LogP contribution in [0.1, 0.15) is 17.0 Å². The Labute approximate surface area is 126 Å². The second-order valence-electron chi connectivity index (χ2n) is 3.51. The topological polar surface area (TPSA) is 99.2 Å². The van der Waals surface area contributed by atoms with Gasteiger partial charge in [-0.1, -0.05) is 0 Å². The zero-order valence-corrected chi connectivity index (χ0v) is 12.2. The Morgan fingerprint density at radius 1 is 1.00 bits per heavy atom. The zero-order chi connectivity index (χ0) is 15.0. The predicted molar refractivity (Wildman–Crippen MR) is 69.7 cm³/mol. The number of halogens is 4. The van der Waals surface area contributed by atoms with E-state index < -0.39 is 30.1 Å². The molecule has 0 fully saturated rings. The number of aryl methyl sites for hydroxylation is 1. The minimum Gasteiger partial charge on any atom is -0.261 e. The third kappa shape index (κ3) is 3.17. The Balaban J connectivity index is 3.46. The van der Waals surface area contributed by atoms with E-state index >= 15 is 0 Å². The molecule has 104 valence electrons. The van der Waals surface area contributed by atoms with Crippen molar-refractivity contribution in [3.8, 4) is 0 Å². The number of rotatable bonds is 4. The number of pyridine rings is 1. The normalized spacial score (nSPS) is 12.3. The van der Waals surface area contributed by atoms with Crippen molar-refractivity contribution in [2.24, 2.45) is 0 Å². The van der Waals surface area contributed by atoms with Crippen molar-refractivity contribution in [3.63, 3.8) is 0 Å². The maximum absolute atomic E-state index is 10.7. The summed E-state index contributed by atoms with van der Waals surface area (Å²) in [5, 5.41) is 21.5. The highest BCUT2D eigenvalue weighted by Gasteiger charge is 2.47. The Morgan fingerprint density at radius 2 is 1.32 bits per heavy atom. The van der Waals surface area contributed by atoms with E-state index in [0.717, 1.165) is 0 Å². The van der Waals surface area contributed by atoms with E-state index in [4.69, 9.17) is 46.4 Å². The van der Waals surface area contributed by atoms with Crippen molar-refractivity contribution in [1.82, 2.24) is 4.98 Å². The highest BCUT2D eigenvalue weighted by molar-refractivity contribution is 6.47. The molecule has 0 N–H and O–H groups in total. The highest BCUT2D eigenvalue weighted by Crippen LogP contribution is 2.38. The smallest absolute Gasteiger partial charge is 0.261 e. The van der Waals surface area contributed by atoms with Crippen molar-refractivity contribution in [2.45, 2.75) is 15.8 Å². The lowest BCUT2D eigenvalue weighted by Crippen LogP contribution is -2.28. The van der Waals surface area contributed by atoms with Crippen molar-refractivity contribution in [2.75, 3.05) is 0 Å². The van der Waals surface area contributed by atoms with Gasteiger partial charge in [0, 0.05) is 0 Å². The van der Waals surface area contributed by atoms with Gasteiger partial charge in [0.15, 0.2) is 11.4 Å². The van der Waals surface area contributed by atoms with Gasteiger partial charge >= 0.3 is 8.91 Å². The molecule has 11 heteroatoms. The van der Waals surface area contributed by atoms with E-state index in [2.05, 4.69) is 4.98 Å². The monoisotopic (exact) mass is 347 g/mol. The van der Waals surface area contributed by atoms with Gasteiger partial charge in [-0.15, -0.1) is 0 Å². The molecule has 0 atom stereocenters. The van der Waals surface area contributed by atoms with Gasteiger partial charge in [-0.25, -0.2) is 4.98 Å². The van der Waals surface area contributed by atoms with Gasteiger partial charge in [0.25, 0.3) is 0 Å². The predicted octanol–water partition coefficient (Wildman–Crippen LogP) is 3.12. The van der Waals surface area contributed by atoms with E-state index in [1.165, 1.54) is 19.1 Å². The number of aromatic nitrogens is 1. The first-order chi connectivity index (χ1) is 8.49. The standard InChI is InChI=1S/C8H5Cl4N3O4/c1-4-2-5(7(9,10)14(16)17)13-6(3-4)8(11,12)15(18)19/h2-3H,1H3. The van der Waals surface area contributed by atoms with E-state index in [-0.39, 0.29) is 0 Å². The van der Waals surface area contributed by atoms with Crippen molar-refractivity contribution in [3.05, 3.63) is 49.3 Å². The Morgan fingerprint density at radius 3 is 1.58 bits per heavy atom. The molecule has 1 aromatic rings. The van der Waals surface area contributed by atoms with Crippen LogP contribution in [0, 0.1) is 27.2 Å². The fourth-order valence-electron chi connectivity index (χ4n) is 1.16. The number of nitro groups is 2. The fraction of sp³-hybridized carbons (Fsp3) is 0.375. The molecule has 0 radical (unpaired) electrons. The molecule has 0 bridgehead atoms. The highest BCUT2D eigenvalue weighted by atomic mass is 35.5. The van der Waals surface area contributed by atoms with Crippen LogP contribution < -0.4 is 0 Å². The maximum Gasteiger partial charge on any atom is 0.413 e. The number of alkyl halides is 4. The molecule has 0 aliphatic heterocycles. The number of hydrogen-bond acceptors (Lipinski definition) is 5. The molecule has 19 heavy (non-hydrogen) atoms. The number of nitrogens with zero attached hydrogens (tertiary/aromatic N) is 3. The molecule has 1 heterocycles. The Hall–Kier alpha value is -0.890. The molecule has 0 saturated carbocycles. The lowest BCUT2D eigenvalue weighted by molar-refractivity contribution is -0.526. The molecule has 0 aromatic carbocycles. The maximum atomic E-state index is 10.7. The van der Waals surface area contributed by atoms with Crippen LogP contribution in [0.3, 0.4) is 0 Å². The molecule has 0 spiro atoms. The molecule has 0 aliphatic carbocycles. The van der Waals surface area contributed by atoms with E-state index in [0.29, 0.717) is 5.56 Å². The summed E-state index contributed by atoms with van der Waals surface area (Å²) in [5.41, 5.74) is -0.452. The van der Waals surface area contributed by atoms with Gasteiger partial charge in [0.2, 0.25) is 0 Å². The molecular weight excluding hydrogens is 344 g/mol. The average molecular weight is 349 g/mol. The SMILES string of the molecule is Cc1cc(C(Cl)(Cl)[N+](=O)[O-])nc(C(Cl)(Cl)[N+](=O)[O-])c1. The Kier molecular flexibility index (Phi) is 4.46. The van der Waals surface area contributed by atoms with Gasteiger partial charge < -0.3 is 0 Å². The quantitative estimate of drug-likeness (QED) is 0.360. The molecule has 0 amide bonds. The first-order valence-corrected chi connectivity index (χ1v) is 6.05. The first-order valence-electron chi connectivity index (χ1n) is 4.54. The molecule has 0 aliphatic rings. The first kappa shape index (κ1) is 16.2. The third-order valence-corrected chi connectivity index (χ3v) is 3.37. The van der Waals surface area contributed by atoms with E-state index in [9.17, 15) is 20.2 Å². The molecule has 1 rings (SSSR count). The summed E-state index contributed by atoms with van der Waals surface area (Å²) in [6, 6.07) is 2.41. The minimum absolute atomic E-state index is 0.375. The van der Waals surface area contributed by atoms with E-state index in [1.54, 1.807) is 0 Å². The molecule has 7 nitrogen and oxygen atoms in total. The van der Waals surface area contributed by atoms with Crippen LogP contribution in [0.25, 0.3) is 0 Å². The van der Waals surface area contributed by atoms with Gasteiger partial charge in [-0.2, -0.15) is 0 Å². The van der Waals surface area contributed by atoms with Crippen LogP contribution in [-0.2, 0) is 8.91 Å². The van der Waals surface area contributed by atoms with Gasteiger partial charge in [-0.05, 0) is 71.0 Å². The summed E-state index contributed by atoms with van der Waals surface area (Å²) in [5.74, 6) is 0. The van der Waals surface area contributed by atoms with Crippen LogP contribution in [0.15, 0.2) is 12.1 Å². The average Bonchev–Trinajstić information content (AvgIpc) is 2.27. The van der Waals surface area contributed by atoms with Gasteiger partial charge in [-0.3, -0.25) is 20.2 Å². The summed E-state index contributed by atoms with van der Waals surface area (Å²) in [7, 11) is 0. The molecule has 0 unspecified atom stereocenters. The minimum atomic E-state index is -2.55. The summed E-state index contributed by atoms with van der Waals surface area (Å²) in [6.45, 7) is 1.50. The third-order valence-electron chi connectivity index (χ3n) is 2.04. The molecular formula is C8H5Cl4N3O4. The van der Waals surface area contributed by atoms with Crippen LogP contribution in [0.4, 0.5) is 0 Å². The Bertz CT molecular complexity index is 505. The lowest BCUT2D eigenvalue weighted by atomic mass is 10.2. The summed E-state index contributed by atoms with van der Waals surface area (Å²) < 4.78 is -5.11. The van der Waals surface area contributed by atoms with Gasteiger partial charge in [0.1, 0.15) is 0 Å². The van der Waals surface area contributed by atoms with Crippen molar-refractivity contribution in [1.29, 1.82) is 0 Å². The summed E-state index contributed by atoms with van der Waals surface area (Å²) in [6.07, 6.45) is 0. The lowest BCUT2D eigenvalue weighted by Gasteiger charge is -2.15. The summed E-state index contributed by atoms with van der Waals surface area (Å²) in [4.78, 5) is 23.1. The van der Waals surface area contributed by atoms with Crippen LogP contribution in [0.2, 0.25) is 0 Å². The van der Waals surface area contributed by atoms with Gasteiger partial charge in [0.05, 0.1) is 9.85 Å². The van der Waals surface area contributed by atoms with Crippen LogP contribution in [0.5, 0.6) is 0 Å². The van der Waals surface area contributed by atoms with Crippen molar-refractivity contribution < 1.29 is 9.85 Å². The molecule has 1 aromatic heterocycles. The summed E-state index contributed by atoms with van der Waals surface area (Å²) >= 11 is 22.1. The van der Waals surface area contributed by atoms with Crippen LogP contribution in [-0.4, -0.2) is 14.8 Å². The largest absolute Gasteiger partial charge is 0.413 e. The molecule has 0 saturated heterocycles. The fourth-order valence-corrected chi connectivity index (χ4v) is 1.55. The van der Waals surface area contributed by atoms with Crippen LogP contribution >= 0.6 is 46.4 Å².